The van der Waals surface area contributed by atoms with Crippen LogP contribution in [-0.4, -0.2) is 47.1 Å². The van der Waals surface area contributed by atoms with E-state index in [1.807, 2.05) is 12.1 Å². The number of carbonyl (C=O) groups is 1. The van der Waals surface area contributed by atoms with Crippen molar-refractivity contribution >= 4 is 22.6 Å². The van der Waals surface area contributed by atoms with Gasteiger partial charge in [-0.25, -0.2) is 9.97 Å². The molecular weight excluding hydrogens is 469 g/mol. The van der Waals surface area contributed by atoms with Crippen LogP contribution in [0.25, 0.3) is 22.2 Å². The van der Waals surface area contributed by atoms with Gasteiger partial charge in [0.05, 0.1) is 41.2 Å². The maximum atomic E-state index is 13.2. The number of amides is 1. The van der Waals surface area contributed by atoms with Gasteiger partial charge in [0, 0.05) is 30.6 Å². The first-order chi connectivity index (χ1) is 17.4. The summed E-state index contributed by atoms with van der Waals surface area (Å²) in [6.07, 6.45) is -4.46. The van der Waals surface area contributed by atoms with Crippen LogP contribution in [0.3, 0.4) is 0 Å². The molecule has 5 rings (SSSR count). The van der Waals surface area contributed by atoms with Crippen molar-refractivity contribution in [3.8, 4) is 11.3 Å². The van der Waals surface area contributed by atoms with Crippen LogP contribution in [0.2, 0.25) is 0 Å². The number of rotatable bonds is 5. The van der Waals surface area contributed by atoms with Crippen LogP contribution >= 0.6 is 0 Å². The van der Waals surface area contributed by atoms with Gasteiger partial charge in [0.1, 0.15) is 5.82 Å². The molecule has 0 bridgehead atoms. The zero-order valence-corrected chi connectivity index (χ0v) is 19.3. The lowest BCUT2D eigenvalue weighted by atomic mass is 10.0. The van der Waals surface area contributed by atoms with Gasteiger partial charge in [-0.3, -0.25) is 9.69 Å². The maximum absolute atomic E-state index is 13.2. The molecule has 6 nitrogen and oxygen atoms in total. The number of pyridine rings is 2. The molecule has 2 aromatic heterocycles. The van der Waals surface area contributed by atoms with Gasteiger partial charge >= 0.3 is 6.18 Å². The molecule has 0 aliphatic carbocycles. The minimum Gasteiger partial charge on any atom is -0.379 e. The van der Waals surface area contributed by atoms with E-state index in [1.165, 1.54) is 6.07 Å². The number of fused-ring (bicyclic) bond motifs is 1. The van der Waals surface area contributed by atoms with E-state index < -0.39 is 17.6 Å². The average Bonchev–Trinajstić information content (AvgIpc) is 2.88. The van der Waals surface area contributed by atoms with E-state index in [0.717, 1.165) is 30.9 Å². The number of ether oxygens (including phenoxy) is 1. The highest BCUT2D eigenvalue weighted by molar-refractivity contribution is 6.11. The predicted molar refractivity (Wildman–Crippen MR) is 130 cm³/mol. The number of nitrogens with zero attached hydrogens (tertiary/aromatic N) is 3. The van der Waals surface area contributed by atoms with Crippen molar-refractivity contribution < 1.29 is 22.7 Å². The Labute approximate surface area is 205 Å². The standard InChI is InChI=1S/C27H23F3N4O2/c28-27(29,30)20-6-1-5-19(16-20)23-11-10-18-4-2-8-22(25(18)32-23)26(35)33-24-9-3-7-21(31-24)17-34-12-14-36-15-13-34/h1-11,16H,12-15,17H2,(H,31,33,35). The van der Waals surface area contributed by atoms with Crippen LogP contribution in [0.1, 0.15) is 21.6 Å². The second kappa shape index (κ2) is 10.0. The van der Waals surface area contributed by atoms with E-state index in [1.54, 1.807) is 42.5 Å². The summed E-state index contributed by atoms with van der Waals surface area (Å²) < 4.78 is 44.9. The molecule has 0 atom stereocenters. The van der Waals surface area contributed by atoms with E-state index in [4.69, 9.17) is 4.74 Å². The molecule has 0 radical (unpaired) electrons. The second-order valence-electron chi connectivity index (χ2n) is 8.51. The summed E-state index contributed by atoms with van der Waals surface area (Å²) in [4.78, 5) is 24.6. The molecule has 9 heteroatoms. The number of para-hydroxylation sites is 1. The fourth-order valence-electron chi connectivity index (χ4n) is 4.16. The Morgan fingerprint density at radius 2 is 1.72 bits per heavy atom. The van der Waals surface area contributed by atoms with Crippen LogP contribution in [0.15, 0.2) is 72.8 Å². The maximum Gasteiger partial charge on any atom is 0.416 e. The third kappa shape index (κ3) is 5.37. The smallest absolute Gasteiger partial charge is 0.379 e. The monoisotopic (exact) mass is 492 g/mol. The summed E-state index contributed by atoms with van der Waals surface area (Å²) in [5.41, 5.74) is 1.45. The van der Waals surface area contributed by atoms with Crippen LogP contribution in [-0.2, 0) is 17.5 Å². The number of nitrogens with one attached hydrogen (secondary N) is 1. The number of anilines is 1. The topological polar surface area (TPSA) is 67.4 Å². The lowest BCUT2D eigenvalue weighted by molar-refractivity contribution is -0.137. The quantitative estimate of drug-likeness (QED) is 0.404. The average molecular weight is 493 g/mol. The number of carbonyl (C=O) groups excluding carboxylic acids is 1. The van der Waals surface area contributed by atoms with Gasteiger partial charge in [-0.15, -0.1) is 0 Å². The molecule has 0 saturated carbocycles. The summed E-state index contributed by atoms with van der Waals surface area (Å²) in [5.74, 6) is 0.0158. The molecule has 184 valence electrons. The minimum absolute atomic E-state index is 0.307. The molecule has 4 aromatic rings. The summed E-state index contributed by atoms with van der Waals surface area (Å²) in [6, 6.07) is 19.0. The van der Waals surface area contributed by atoms with E-state index in [9.17, 15) is 18.0 Å². The summed E-state index contributed by atoms with van der Waals surface area (Å²) in [5, 5.41) is 3.54. The molecule has 1 aliphatic rings. The minimum atomic E-state index is -4.46. The van der Waals surface area contributed by atoms with E-state index in [0.29, 0.717) is 53.3 Å². The highest BCUT2D eigenvalue weighted by Crippen LogP contribution is 2.32. The van der Waals surface area contributed by atoms with Crippen molar-refractivity contribution in [2.24, 2.45) is 0 Å². The van der Waals surface area contributed by atoms with Crippen LogP contribution in [0.5, 0.6) is 0 Å². The third-order valence-corrected chi connectivity index (χ3v) is 5.99. The molecule has 1 saturated heterocycles. The molecular formula is C27H23F3N4O2. The Morgan fingerprint density at radius 1 is 0.944 bits per heavy atom. The van der Waals surface area contributed by atoms with Crippen LogP contribution in [0.4, 0.5) is 19.0 Å². The second-order valence-corrected chi connectivity index (χ2v) is 8.51. The largest absolute Gasteiger partial charge is 0.416 e. The normalized spacial score (nSPS) is 14.6. The number of hydrogen-bond donors (Lipinski definition) is 1. The predicted octanol–water partition coefficient (Wildman–Crippen LogP) is 5.40. The molecule has 36 heavy (non-hydrogen) atoms. The fourth-order valence-corrected chi connectivity index (χ4v) is 4.16. The Kier molecular flexibility index (Phi) is 6.67. The number of hydrogen-bond acceptors (Lipinski definition) is 5. The van der Waals surface area contributed by atoms with E-state index in [2.05, 4.69) is 20.2 Å². The number of benzene rings is 2. The first-order valence-corrected chi connectivity index (χ1v) is 11.5. The number of alkyl halides is 3. The Balaban J connectivity index is 1.41. The lowest BCUT2D eigenvalue weighted by Crippen LogP contribution is -2.35. The number of aromatic nitrogens is 2. The molecule has 1 N–H and O–H groups in total. The van der Waals surface area contributed by atoms with Crippen LogP contribution in [0, 0.1) is 0 Å². The molecule has 3 heterocycles. The van der Waals surface area contributed by atoms with Crippen molar-refractivity contribution in [2.45, 2.75) is 12.7 Å². The first kappa shape index (κ1) is 23.9. The fraction of sp³-hybridized carbons (Fsp3) is 0.222. The molecule has 1 amide bonds. The van der Waals surface area contributed by atoms with Crippen molar-refractivity contribution in [1.82, 2.24) is 14.9 Å². The first-order valence-electron chi connectivity index (χ1n) is 11.5. The van der Waals surface area contributed by atoms with Gasteiger partial charge in [0.2, 0.25) is 0 Å². The van der Waals surface area contributed by atoms with Crippen molar-refractivity contribution in [1.29, 1.82) is 0 Å². The lowest BCUT2D eigenvalue weighted by Gasteiger charge is -2.26. The van der Waals surface area contributed by atoms with Crippen molar-refractivity contribution in [2.75, 3.05) is 31.6 Å². The number of halogens is 3. The van der Waals surface area contributed by atoms with Gasteiger partial charge < -0.3 is 10.1 Å². The Hall–Kier alpha value is -3.82. The van der Waals surface area contributed by atoms with Crippen molar-refractivity contribution in [3.63, 3.8) is 0 Å². The highest BCUT2D eigenvalue weighted by atomic mass is 19.4. The van der Waals surface area contributed by atoms with Gasteiger partial charge in [0.15, 0.2) is 0 Å². The Morgan fingerprint density at radius 3 is 2.53 bits per heavy atom. The highest BCUT2D eigenvalue weighted by Gasteiger charge is 2.30. The zero-order valence-electron chi connectivity index (χ0n) is 19.3. The molecule has 1 fully saturated rings. The zero-order chi connectivity index (χ0) is 25.1. The Bertz CT molecular complexity index is 1400. The summed E-state index contributed by atoms with van der Waals surface area (Å²) in [7, 11) is 0. The van der Waals surface area contributed by atoms with Crippen molar-refractivity contribution in [3.05, 3.63) is 89.6 Å². The van der Waals surface area contributed by atoms with E-state index >= 15 is 0 Å². The molecule has 2 aromatic carbocycles. The molecule has 1 aliphatic heterocycles. The van der Waals surface area contributed by atoms with Crippen LogP contribution < -0.4 is 5.32 Å². The third-order valence-electron chi connectivity index (χ3n) is 5.99. The molecule has 0 spiro atoms. The van der Waals surface area contributed by atoms with Gasteiger partial charge in [-0.1, -0.05) is 36.4 Å². The molecule has 0 unspecified atom stereocenters. The van der Waals surface area contributed by atoms with Gasteiger partial charge in [0.25, 0.3) is 5.91 Å². The number of morpholine rings is 1. The van der Waals surface area contributed by atoms with E-state index in [-0.39, 0.29) is 0 Å². The van der Waals surface area contributed by atoms with Gasteiger partial charge in [-0.05, 0) is 36.4 Å². The summed E-state index contributed by atoms with van der Waals surface area (Å²) in [6.45, 7) is 3.69. The summed E-state index contributed by atoms with van der Waals surface area (Å²) >= 11 is 0. The van der Waals surface area contributed by atoms with Gasteiger partial charge in [-0.2, -0.15) is 13.2 Å². The SMILES string of the molecule is O=C(Nc1cccc(CN2CCOCC2)n1)c1cccc2ccc(-c3cccc(C(F)(F)F)c3)nc12.